The average molecular weight is 242 g/mol. The highest BCUT2D eigenvalue weighted by atomic mass is 16.5. The Morgan fingerprint density at radius 3 is 2.88 bits per heavy atom. The van der Waals surface area contributed by atoms with Crippen LogP contribution in [0, 0.1) is 0 Å². The van der Waals surface area contributed by atoms with E-state index in [2.05, 4.69) is 5.32 Å². The van der Waals surface area contributed by atoms with Gasteiger partial charge in [0.05, 0.1) is 26.9 Å². The molecule has 0 spiro atoms. The van der Waals surface area contributed by atoms with Gasteiger partial charge in [0.25, 0.3) is 0 Å². The molecule has 1 atom stereocenters. The molecule has 0 aromatic carbocycles. The molecule has 1 N–H and O–H groups in total. The van der Waals surface area contributed by atoms with Crippen LogP contribution in [0.2, 0.25) is 0 Å². The van der Waals surface area contributed by atoms with Crippen molar-refractivity contribution in [2.75, 3.05) is 33.4 Å². The predicted molar refractivity (Wildman–Crippen MR) is 59.4 cm³/mol. The SMILES string of the molecule is COC(=O)[C@H]1COCCN1CC(=O)NC1CC1. The zero-order chi connectivity index (χ0) is 12.3. The molecule has 1 saturated carbocycles. The largest absolute Gasteiger partial charge is 0.468 e. The summed E-state index contributed by atoms with van der Waals surface area (Å²) in [4.78, 5) is 25.0. The molecule has 17 heavy (non-hydrogen) atoms. The molecule has 1 amide bonds. The number of carbonyl (C=O) groups excluding carboxylic acids is 2. The number of nitrogens with zero attached hydrogens (tertiary/aromatic N) is 1. The van der Waals surface area contributed by atoms with E-state index in [0.717, 1.165) is 12.8 Å². The van der Waals surface area contributed by atoms with Crippen molar-refractivity contribution < 1.29 is 19.1 Å². The highest BCUT2D eigenvalue weighted by molar-refractivity contribution is 5.81. The van der Waals surface area contributed by atoms with Crippen LogP contribution in [0.3, 0.4) is 0 Å². The summed E-state index contributed by atoms with van der Waals surface area (Å²) < 4.78 is 9.94. The van der Waals surface area contributed by atoms with Crippen molar-refractivity contribution in [2.45, 2.75) is 24.9 Å². The maximum Gasteiger partial charge on any atom is 0.325 e. The minimum Gasteiger partial charge on any atom is -0.468 e. The van der Waals surface area contributed by atoms with Crippen molar-refractivity contribution in [3.05, 3.63) is 0 Å². The summed E-state index contributed by atoms with van der Waals surface area (Å²) in [5.74, 6) is -0.368. The monoisotopic (exact) mass is 242 g/mol. The molecule has 1 aliphatic heterocycles. The van der Waals surface area contributed by atoms with E-state index in [4.69, 9.17) is 9.47 Å². The highest BCUT2D eigenvalue weighted by Gasteiger charge is 2.32. The number of hydrogen-bond donors (Lipinski definition) is 1. The summed E-state index contributed by atoms with van der Waals surface area (Å²) in [5, 5.41) is 2.91. The van der Waals surface area contributed by atoms with E-state index in [1.807, 2.05) is 4.90 Å². The van der Waals surface area contributed by atoms with Crippen molar-refractivity contribution in [1.82, 2.24) is 10.2 Å². The summed E-state index contributed by atoms with van der Waals surface area (Å²) >= 11 is 0. The highest BCUT2D eigenvalue weighted by Crippen LogP contribution is 2.18. The fourth-order valence-electron chi connectivity index (χ4n) is 1.87. The Hall–Kier alpha value is -1.14. The van der Waals surface area contributed by atoms with Gasteiger partial charge in [-0.05, 0) is 12.8 Å². The second kappa shape index (κ2) is 5.46. The second-order valence-corrected chi connectivity index (χ2v) is 4.43. The molecule has 96 valence electrons. The van der Waals surface area contributed by atoms with Crippen LogP contribution in [0.15, 0.2) is 0 Å². The first-order chi connectivity index (χ1) is 8.20. The molecule has 1 heterocycles. The van der Waals surface area contributed by atoms with Gasteiger partial charge in [0.2, 0.25) is 5.91 Å². The molecule has 0 bridgehead atoms. The molecule has 1 aliphatic carbocycles. The maximum absolute atomic E-state index is 11.7. The lowest BCUT2D eigenvalue weighted by Crippen LogP contribution is -2.53. The van der Waals surface area contributed by atoms with Gasteiger partial charge in [0, 0.05) is 12.6 Å². The number of carbonyl (C=O) groups is 2. The maximum atomic E-state index is 11.7. The van der Waals surface area contributed by atoms with Crippen molar-refractivity contribution in [3.63, 3.8) is 0 Å². The first-order valence-electron chi connectivity index (χ1n) is 5.89. The number of rotatable bonds is 4. The number of amides is 1. The van der Waals surface area contributed by atoms with Gasteiger partial charge in [-0.3, -0.25) is 14.5 Å². The van der Waals surface area contributed by atoms with Gasteiger partial charge in [-0.15, -0.1) is 0 Å². The lowest BCUT2D eigenvalue weighted by Gasteiger charge is -2.32. The number of hydrogen-bond acceptors (Lipinski definition) is 5. The van der Waals surface area contributed by atoms with E-state index in [1.165, 1.54) is 7.11 Å². The molecule has 2 rings (SSSR count). The van der Waals surface area contributed by atoms with E-state index in [1.54, 1.807) is 0 Å². The molecule has 6 nitrogen and oxygen atoms in total. The number of methoxy groups -OCH3 is 1. The Morgan fingerprint density at radius 1 is 1.47 bits per heavy atom. The molecule has 0 unspecified atom stereocenters. The van der Waals surface area contributed by atoms with E-state index in [0.29, 0.717) is 25.8 Å². The first-order valence-corrected chi connectivity index (χ1v) is 5.89. The second-order valence-electron chi connectivity index (χ2n) is 4.43. The first kappa shape index (κ1) is 12.3. The van der Waals surface area contributed by atoms with Gasteiger partial charge in [-0.1, -0.05) is 0 Å². The quantitative estimate of drug-likeness (QED) is 0.650. The predicted octanol–water partition coefficient (Wildman–Crippen LogP) is -0.861. The van der Waals surface area contributed by atoms with Gasteiger partial charge in [0.15, 0.2) is 0 Å². The molecule has 0 aromatic rings. The fraction of sp³-hybridized carbons (Fsp3) is 0.818. The third kappa shape index (κ3) is 3.41. The van der Waals surface area contributed by atoms with E-state index < -0.39 is 6.04 Å². The average Bonchev–Trinajstić information content (AvgIpc) is 3.12. The topological polar surface area (TPSA) is 67.9 Å². The Labute approximate surface area is 100 Å². The third-order valence-corrected chi connectivity index (χ3v) is 3.00. The van der Waals surface area contributed by atoms with Crippen LogP contribution in [-0.2, 0) is 19.1 Å². The van der Waals surface area contributed by atoms with Crippen molar-refractivity contribution in [3.8, 4) is 0 Å². The van der Waals surface area contributed by atoms with Gasteiger partial charge in [0.1, 0.15) is 6.04 Å². The summed E-state index contributed by atoms with van der Waals surface area (Å²) in [7, 11) is 1.35. The minimum absolute atomic E-state index is 0.0247. The number of ether oxygens (including phenoxy) is 2. The Balaban J connectivity index is 1.86. The van der Waals surface area contributed by atoms with Crippen molar-refractivity contribution in [1.29, 1.82) is 0 Å². The standard InChI is InChI=1S/C11H18N2O4/c1-16-11(15)9-7-17-5-4-13(9)6-10(14)12-8-2-3-8/h8-9H,2-7H2,1H3,(H,12,14)/t9-/m1/s1. The van der Waals surface area contributed by atoms with Crippen LogP contribution >= 0.6 is 0 Å². The van der Waals surface area contributed by atoms with Crippen LogP contribution in [0.1, 0.15) is 12.8 Å². The molecule has 0 radical (unpaired) electrons. The molecule has 1 saturated heterocycles. The Bertz CT molecular complexity index is 304. The summed E-state index contributed by atoms with van der Waals surface area (Å²) in [6, 6.07) is -0.112. The van der Waals surface area contributed by atoms with Crippen LogP contribution in [0.25, 0.3) is 0 Å². The lowest BCUT2D eigenvalue weighted by atomic mass is 10.2. The molecular formula is C11H18N2O4. The van der Waals surface area contributed by atoms with Crippen molar-refractivity contribution in [2.24, 2.45) is 0 Å². The van der Waals surface area contributed by atoms with E-state index in [-0.39, 0.29) is 18.4 Å². The van der Waals surface area contributed by atoms with Crippen LogP contribution < -0.4 is 5.32 Å². The Morgan fingerprint density at radius 2 is 2.24 bits per heavy atom. The summed E-state index contributed by atoms with van der Waals surface area (Å²) in [5.41, 5.74) is 0. The van der Waals surface area contributed by atoms with Crippen LogP contribution in [0.5, 0.6) is 0 Å². The number of nitrogens with one attached hydrogen (secondary N) is 1. The van der Waals surface area contributed by atoms with Gasteiger partial charge in [-0.2, -0.15) is 0 Å². The lowest BCUT2D eigenvalue weighted by molar-refractivity contribution is -0.154. The third-order valence-electron chi connectivity index (χ3n) is 3.00. The van der Waals surface area contributed by atoms with Crippen molar-refractivity contribution >= 4 is 11.9 Å². The zero-order valence-electron chi connectivity index (χ0n) is 9.98. The van der Waals surface area contributed by atoms with E-state index >= 15 is 0 Å². The van der Waals surface area contributed by atoms with Gasteiger partial charge < -0.3 is 14.8 Å². The van der Waals surface area contributed by atoms with Gasteiger partial charge >= 0.3 is 5.97 Å². The van der Waals surface area contributed by atoms with Gasteiger partial charge in [-0.25, -0.2) is 0 Å². The Kier molecular flexibility index (Phi) is 3.96. The molecule has 2 aliphatic rings. The summed E-state index contributed by atoms with van der Waals surface area (Å²) in [6.45, 7) is 1.66. The number of morpholine rings is 1. The normalized spacial score (nSPS) is 25.4. The van der Waals surface area contributed by atoms with E-state index in [9.17, 15) is 9.59 Å². The summed E-state index contributed by atoms with van der Waals surface area (Å²) in [6.07, 6.45) is 2.13. The zero-order valence-corrected chi connectivity index (χ0v) is 9.98. The minimum atomic E-state index is -0.460. The number of esters is 1. The molecule has 0 aromatic heterocycles. The van der Waals surface area contributed by atoms with Crippen LogP contribution in [-0.4, -0.2) is 62.3 Å². The smallest absolute Gasteiger partial charge is 0.325 e. The molecule has 6 heteroatoms. The van der Waals surface area contributed by atoms with Crippen LogP contribution in [0.4, 0.5) is 0 Å². The molecule has 2 fully saturated rings. The fourth-order valence-corrected chi connectivity index (χ4v) is 1.87. The molecular weight excluding hydrogens is 224 g/mol.